The summed E-state index contributed by atoms with van der Waals surface area (Å²) < 4.78 is 26.5. The van der Waals surface area contributed by atoms with Gasteiger partial charge in [-0.05, 0) is 31.9 Å². The number of hydrogen-bond donors (Lipinski definition) is 3. The molecule has 4 rings (SSSR count). The van der Waals surface area contributed by atoms with Gasteiger partial charge in [-0.2, -0.15) is 5.10 Å². The Hall–Kier alpha value is -3.40. The number of nitrogens with zero attached hydrogens (tertiary/aromatic N) is 3. The van der Waals surface area contributed by atoms with Gasteiger partial charge < -0.3 is 10.6 Å². The van der Waals surface area contributed by atoms with Gasteiger partial charge in [-0.15, -0.1) is 0 Å². The number of aromatic nitrogens is 4. The highest BCUT2D eigenvalue weighted by Gasteiger charge is 2.26. The second kappa shape index (κ2) is 8.38. The van der Waals surface area contributed by atoms with Gasteiger partial charge >= 0.3 is 0 Å². The molecular weight excluding hydrogens is 430 g/mol. The maximum Gasteiger partial charge on any atom is 0.269 e. The van der Waals surface area contributed by atoms with Gasteiger partial charge in [0, 0.05) is 36.0 Å². The van der Waals surface area contributed by atoms with Crippen LogP contribution in [0.3, 0.4) is 0 Å². The van der Waals surface area contributed by atoms with Gasteiger partial charge in [0.05, 0.1) is 10.6 Å². The summed E-state index contributed by atoms with van der Waals surface area (Å²) in [5.41, 5.74) is 1.43. The summed E-state index contributed by atoms with van der Waals surface area (Å²) in [6, 6.07) is 2.70. The molecule has 0 spiro atoms. The van der Waals surface area contributed by atoms with Crippen LogP contribution in [0.15, 0.2) is 24.4 Å². The Morgan fingerprint density at radius 1 is 1.19 bits per heavy atom. The van der Waals surface area contributed by atoms with Crippen molar-refractivity contribution in [1.29, 1.82) is 0 Å². The number of rotatable bonds is 6. The van der Waals surface area contributed by atoms with Crippen molar-refractivity contribution in [1.82, 2.24) is 25.5 Å². The molecule has 0 bridgehead atoms. The lowest BCUT2D eigenvalue weighted by Crippen LogP contribution is -2.24. The topological polar surface area (TPSA) is 113 Å². The maximum absolute atomic E-state index is 13.4. The van der Waals surface area contributed by atoms with Crippen molar-refractivity contribution in [3.63, 3.8) is 0 Å². The number of anilines is 1. The van der Waals surface area contributed by atoms with E-state index >= 15 is 0 Å². The number of amides is 2. The molecule has 1 saturated carbocycles. The van der Waals surface area contributed by atoms with E-state index in [4.69, 9.17) is 11.6 Å². The Kier molecular flexibility index (Phi) is 5.64. The average Bonchev–Trinajstić information content (AvgIpc) is 3.48. The molecule has 0 radical (unpaired) electrons. The molecule has 3 N–H and O–H groups in total. The zero-order valence-electron chi connectivity index (χ0n) is 16.3. The number of carbonyl (C=O) groups excluding carboxylic acids is 2. The minimum atomic E-state index is -1.21. The second-order valence-corrected chi connectivity index (χ2v) is 7.57. The number of aryl methyl sites for hydroxylation is 1. The second-order valence-electron chi connectivity index (χ2n) is 7.16. The van der Waals surface area contributed by atoms with E-state index < -0.39 is 23.4 Å². The number of aromatic amines is 1. The predicted molar refractivity (Wildman–Crippen MR) is 108 cm³/mol. The standard InChI is InChI=1S/C20H17ClF2N6O2/c1-9-11(7-24-18(26-9)10-2-3-10)8-25-20(31)16-6-17(29-28-16)27-19(30)12-4-14(22)15(23)5-13(12)21/h4-7,10H,2-3,8H2,1H3,(H,25,31)(H2,27,28,29,30). The third-order valence-electron chi connectivity index (χ3n) is 4.80. The largest absolute Gasteiger partial charge is 0.347 e. The van der Waals surface area contributed by atoms with E-state index in [1.165, 1.54) is 6.07 Å². The summed E-state index contributed by atoms with van der Waals surface area (Å²) in [5.74, 6) is -2.33. The monoisotopic (exact) mass is 446 g/mol. The van der Waals surface area contributed by atoms with Crippen molar-refractivity contribution in [3.8, 4) is 0 Å². The molecule has 0 aliphatic heterocycles. The molecule has 2 aromatic heterocycles. The minimum Gasteiger partial charge on any atom is -0.347 e. The molecule has 0 atom stereocenters. The van der Waals surface area contributed by atoms with E-state index in [2.05, 4.69) is 30.8 Å². The molecule has 1 aromatic carbocycles. The fraction of sp³-hybridized carbons (Fsp3) is 0.250. The third-order valence-corrected chi connectivity index (χ3v) is 5.11. The first-order valence-electron chi connectivity index (χ1n) is 9.43. The number of hydrogen-bond acceptors (Lipinski definition) is 5. The molecule has 160 valence electrons. The summed E-state index contributed by atoms with van der Waals surface area (Å²) in [4.78, 5) is 33.4. The number of carbonyl (C=O) groups is 2. The van der Waals surface area contributed by atoms with Crippen molar-refractivity contribution >= 4 is 29.2 Å². The van der Waals surface area contributed by atoms with Crippen LogP contribution in [0.1, 0.15) is 56.7 Å². The summed E-state index contributed by atoms with van der Waals surface area (Å²) in [7, 11) is 0. The molecule has 1 fully saturated rings. The van der Waals surface area contributed by atoms with Gasteiger partial charge in [-0.25, -0.2) is 18.7 Å². The Balaban J connectivity index is 1.37. The quantitative estimate of drug-likeness (QED) is 0.502. The molecule has 8 nitrogen and oxygen atoms in total. The van der Waals surface area contributed by atoms with Crippen molar-refractivity contribution in [2.24, 2.45) is 0 Å². The number of halogens is 3. The Morgan fingerprint density at radius 3 is 2.65 bits per heavy atom. The normalized spacial score (nSPS) is 13.2. The third kappa shape index (κ3) is 4.69. The zero-order chi connectivity index (χ0) is 22.1. The first-order chi connectivity index (χ1) is 14.8. The molecule has 1 aliphatic rings. The molecule has 1 aliphatic carbocycles. The zero-order valence-corrected chi connectivity index (χ0v) is 17.1. The maximum atomic E-state index is 13.4. The van der Waals surface area contributed by atoms with Gasteiger partial charge in [0.2, 0.25) is 0 Å². The molecule has 2 heterocycles. The lowest BCUT2D eigenvalue weighted by molar-refractivity contribution is 0.0945. The fourth-order valence-corrected chi connectivity index (χ4v) is 3.11. The first-order valence-corrected chi connectivity index (χ1v) is 9.81. The van der Waals surface area contributed by atoms with Crippen LogP contribution in [-0.4, -0.2) is 32.0 Å². The van der Waals surface area contributed by atoms with Crippen LogP contribution >= 0.6 is 11.6 Å². The van der Waals surface area contributed by atoms with Crippen LogP contribution < -0.4 is 10.6 Å². The Morgan fingerprint density at radius 2 is 1.94 bits per heavy atom. The van der Waals surface area contributed by atoms with E-state index in [9.17, 15) is 18.4 Å². The average molecular weight is 447 g/mol. The van der Waals surface area contributed by atoms with Crippen LogP contribution in [-0.2, 0) is 6.54 Å². The molecular formula is C20H17ClF2N6O2. The van der Waals surface area contributed by atoms with Crippen molar-refractivity contribution in [2.45, 2.75) is 32.2 Å². The smallest absolute Gasteiger partial charge is 0.269 e. The van der Waals surface area contributed by atoms with Crippen LogP contribution in [0.4, 0.5) is 14.6 Å². The lowest BCUT2D eigenvalue weighted by atomic mass is 10.2. The number of H-pyrrole nitrogens is 1. The Labute approximate surface area is 180 Å². The van der Waals surface area contributed by atoms with Crippen LogP contribution in [0.25, 0.3) is 0 Å². The molecule has 3 aromatic rings. The molecule has 0 saturated heterocycles. The van der Waals surface area contributed by atoms with E-state index in [1.54, 1.807) is 6.20 Å². The Bertz CT molecular complexity index is 1180. The van der Waals surface area contributed by atoms with Gasteiger partial charge in [0.1, 0.15) is 11.5 Å². The molecule has 11 heteroatoms. The van der Waals surface area contributed by atoms with Gasteiger partial charge in [0.15, 0.2) is 17.5 Å². The highest BCUT2D eigenvalue weighted by molar-refractivity contribution is 6.34. The summed E-state index contributed by atoms with van der Waals surface area (Å²) in [5, 5.41) is 11.2. The molecule has 31 heavy (non-hydrogen) atoms. The van der Waals surface area contributed by atoms with Crippen LogP contribution in [0.2, 0.25) is 5.02 Å². The highest BCUT2D eigenvalue weighted by Crippen LogP contribution is 2.37. The van der Waals surface area contributed by atoms with Crippen LogP contribution in [0, 0.1) is 18.6 Å². The van der Waals surface area contributed by atoms with Gasteiger partial charge in [0.25, 0.3) is 11.8 Å². The molecule has 2 amide bonds. The first kappa shape index (κ1) is 20.9. The van der Waals surface area contributed by atoms with Crippen molar-refractivity contribution in [3.05, 3.63) is 69.4 Å². The van der Waals surface area contributed by atoms with Gasteiger partial charge in [-0.3, -0.25) is 14.7 Å². The van der Waals surface area contributed by atoms with E-state index in [1.807, 2.05) is 6.92 Å². The van der Waals surface area contributed by atoms with Crippen LogP contribution in [0.5, 0.6) is 0 Å². The summed E-state index contributed by atoms with van der Waals surface area (Å²) in [6.45, 7) is 2.09. The highest BCUT2D eigenvalue weighted by atomic mass is 35.5. The van der Waals surface area contributed by atoms with Crippen molar-refractivity contribution in [2.75, 3.05) is 5.32 Å². The minimum absolute atomic E-state index is 0.0178. The van der Waals surface area contributed by atoms with Crippen molar-refractivity contribution < 1.29 is 18.4 Å². The SMILES string of the molecule is Cc1nc(C2CC2)ncc1CNC(=O)c1cc(NC(=O)c2cc(F)c(F)cc2Cl)n[nH]1. The number of nitrogens with one attached hydrogen (secondary N) is 3. The molecule has 0 unspecified atom stereocenters. The predicted octanol–water partition coefficient (Wildman–Crippen LogP) is 3.50. The fourth-order valence-electron chi connectivity index (χ4n) is 2.87. The number of benzene rings is 1. The lowest BCUT2D eigenvalue weighted by Gasteiger charge is -2.07. The van der Waals surface area contributed by atoms with E-state index in [-0.39, 0.29) is 28.6 Å². The van der Waals surface area contributed by atoms with Gasteiger partial charge in [-0.1, -0.05) is 11.6 Å². The summed E-state index contributed by atoms with van der Waals surface area (Å²) >= 11 is 5.79. The van der Waals surface area contributed by atoms with E-state index in [0.717, 1.165) is 29.9 Å². The van der Waals surface area contributed by atoms with E-state index in [0.29, 0.717) is 18.1 Å². The summed E-state index contributed by atoms with van der Waals surface area (Å²) in [6.07, 6.45) is 3.92.